The molecule has 0 radical (unpaired) electrons. The molecule has 0 aliphatic heterocycles. The summed E-state index contributed by atoms with van der Waals surface area (Å²) in [4.78, 5) is 30.6. The number of carbonyl (C=O) groups excluding carboxylic acids is 1. The number of benzene rings is 2. The van der Waals surface area contributed by atoms with Crippen LogP contribution in [0.2, 0.25) is 0 Å². The number of carbonyl (C=O) groups is 1. The minimum atomic E-state index is -4.60. The summed E-state index contributed by atoms with van der Waals surface area (Å²) in [6.07, 6.45) is -0.123. The SMILES string of the molecule is Cc1ccc(C(F)(F)F)c(C(=O)N[C@H]2CC[C@H](Cn3c(=O)n(-c4ccc(C)nc4)c4ccccc43)CC2)c1. The van der Waals surface area contributed by atoms with Crippen molar-refractivity contribution >= 4 is 16.9 Å². The monoisotopic (exact) mass is 522 g/mol. The summed E-state index contributed by atoms with van der Waals surface area (Å²) in [5, 5.41) is 2.81. The lowest BCUT2D eigenvalue weighted by Gasteiger charge is -2.29. The largest absolute Gasteiger partial charge is 0.417 e. The van der Waals surface area contributed by atoms with Gasteiger partial charge in [-0.15, -0.1) is 0 Å². The van der Waals surface area contributed by atoms with Crippen LogP contribution in [-0.2, 0) is 12.7 Å². The molecule has 1 aliphatic rings. The highest BCUT2D eigenvalue weighted by atomic mass is 19.4. The smallest absolute Gasteiger partial charge is 0.349 e. The summed E-state index contributed by atoms with van der Waals surface area (Å²) >= 11 is 0. The second-order valence-electron chi connectivity index (χ2n) is 10.1. The topological polar surface area (TPSA) is 68.9 Å². The molecule has 1 fully saturated rings. The van der Waals surface area contributed by atoms with Crippen LogP contribution in [0.3, 0.4) is 0 Å². The number of halogens is 3. The average molecular weight is 523 g/mol. The molecule has 4 aromatic rings. The number of aromatic nitrogens is 3. The first-order chi connectivity index (χ1) is 18.1. The first-order valence-corrected chi connectivity index (χ1v) is 12.7. The van der Waals surface area contributed by atoms with E-state index in [9.17, 15) is 22.8 Å². The number of pyridine rings is 1. The average Bonchev–Trinajstić information content (AvgIpc) is 3.16. The molecule has 0 bridgehead atoms. The summed E-state index contributed by atoms with van der Waals surface area (Å²) in [7, 11) is 0. The van der Waals surface area contributed by atoms with E-state index in [2.05, 4.69) is 10.3 Å². The summed E-state index contributed by atoms with van der Waals surface area (Å²) in [6, 6.07) is 14.8. The Morgan fingerprint density at radius 2 is 1.71 bits per heavy atom. The Morgan fingerprint density at radius 3 is 2.37 bits per heavy atom. The molecular weight excluding hydrogens is 493 g/mol. The van der Waals surface area contributed by atoms with Crippen LogP contribution in [0.4, 0.5) is 13.2 Å². The molecule has 0 atom stereocenters. The van der Waals surface area contributed by atoms with Gasteiger partial charge in [0.2, 0.25) is 0 Å². The number of alkyl halides is 3. The van der Waals surface area contributed by atoms with E-state index in [0.29, 0.717) is 30.6 Å². The van der Waals surface area contributed by atoms with Crippen LogP contribution >= 0.6 is 0 Å². The molecule has 2 aromatic heterocycles. The number of hydrogen-bond acceptors (Lipinski definition) is 3. The maximum Gasteiger partial charge on any atom is 0.417 e. The van der Waals surface area contributed by atoms with E-state index < -0.39 is 17.6 Å². The van der Waals surface area contributed by atoms with Crippen molar-refractivity contribution in [1.29, 1.82) is 0 Å². The maximum absolute atomic E-state index is 13.5. The fraction of sp³-hybridized carbons (Fsp3) is 0.345. The number of nitrogens with zero attached hydrogens (tertiary/aromatic N) is 3. The van der Waals surface area contributed by atoms with Gasteiger partial charge < -0.3 is 5.32 Å². The summed E-state index contributed by atoms with van der Waals surface area (Å²) in [6.45, 7) is 4.09. The fourth-order valence-corrected chi connectivity index (χ4v) is 5.33. The molecular formula is C29H29F3N4O2. The number of aryl methyl sites for hydroxylation is 2. The van der Waals surface area contributed by atoms with Gasteiger partial charge in [-0.1, -0.05) is 23.8 Å². The Kier molecular flexibility index (Phi) is 6.86. The van der Waals surface area contributed by atoms with Crippen LogP contribution in [0.15, 0.2) is 65.6 Å². The Bertz CT molecular complexity index is 1530. The number of para-hydroxylation sites is 2. The van der Waals surface area contributed by atoms with Gasteiger partial charge in [0.1, 0.15) is 0 Å². The van der Waals surface area contributed by atoms with Crippen LogP contribution in [-0.4, -0.2) is 26.1 Å². The molecule has 1 N–H and O–H groups in total. The van der Waals surface area contributed by atoms with Crippen LogP contribution in [0.25, 0.3) is 16.7 Å². The number of nitrogens with one attached hydrogen (secondary N) is 1. The molecule has 2 aromatic carbocycles. The van der Waals surface area contributed by atoms with Gasteiger partial charge >= 0.3 is 11.9 Å². The fourth-order valence-electron chi connectivity index (χ4n) is 5.33. The van der Waals surface area contributed by atoms with Crippen molar-refractivity contribution in [3.8, 4) is 5.69 Å². The molecule has 1 aliphatic carbocycles. The molecule has 0 unspecified atom stereocenters. The molecule has 6 nitrogen and oxygen atoms in total. The van der Waals surface area contributed by atoms with Crippen molar-refractivity contribution in [1.82, 2.24) is 19.4 Å². The van der Waals surface area contributed by atoms with Gasteiger partial charge in [0.15, 0.2) is 0 Å². The molecule has 198 valence electrons. The Hall–Kier alpha value is -3.88. The van der Waals surface area contributed by atoms with Crippen LogP contribution in [0.5, 0.6) is 0 Å². The van der Waals surface area contributed by atoms with Crippen molar-refractivity contribution in [3.63, 3.8) is 0 Å². The molecule has 0 spiro atoms. The van der Waals surface area contributed by atoms with Crippen molar-refractivity contribution in [2.75, 3.05) is 0 Å². The Balaban J connectivity index is 1.30. The highest BCUT2D eigenvalue weighted by Gasteiger charge is 2.36. The zero-order valence-electron chi connectivity index (χ0n) is 21.3. The highest BCUT2D eigenvalue weighted by Crippen LogP contribution is 2.33. The van der Waals surface area contributed by atoms with E-state index in [0.717, 1.165) is 35.6 Å². The Morgan fingerprint density at radius 1 is 1.00 bits per heavy atom. The molecule has 0 saturated heterocycles. The number of rotatable bonds is 5. The molecule has 5 rings (SSSR count). The van der Waals surface area contributed by atoms with Gasteiger partial charge in [0.05, 0.1) is 34.0 Å². The lowest BCUT2D eigenvalue weighted by Crippen LogP contribution is -2.39. The van der Waals surface area contributed by atoms with E-state index in [1.54, 1.807) is 22.3 Å². The first-order valence-electron chi connectivity index (χ1n) is 12.7. The normalized spacial score (nSPS) is 18.0. The molecule has 2 heterocycles. The second kappa shape index (κ2) is 10.1. The summed E-state index contributed by atoms with van der Waals surface area (Å²) in [5.41, 5.74) is 2.42. The molecule has 1 amide bonds. The van der Waals surface area contributed by atoms with E-state index in [-0.39, 0.29) is 23.2 Å². The van der Waals surface area contributed by atoms with Crippen molar-refractivity contribution < 1.29 is 18.0 Å². The third-order valence-electron chi connectivity index (χ3n) is 7.34. The number of fused-ring (bicyclic) bond motifs is 1. The van der Waals surface area contributed by atoms with Gasteiger partial charge in [-0.05, 0) is 81.8 Å². The van der Waals surface area contributed by atoms with Gasteiger partial charge in [0, 0.05) is 18.3 Å². The summed E-state index contributed by atoms with van der Waals surface area (Å²) < 4.78 is 43.8. The van der Waals surface area contributed by atoms with E-state index in [1.165, 1.54) is 12.1 Å². The number of amides is 1. The zero-order chi connectivity index (χ0) is 27.0. The number of imidazole rings is 1. The van der Waals surface area contributed by atoms with E-state index in [4.69, 9.17) is 0 Å². The minimum absolute atomic E-state index is 0.133. The Labute approximate surface area is 218 Å². The molecule has 38 heavy (non-hydrogen) atoms. The third-order valence-corrected chi connectivity index (χ3v) is 7.34. The lowest BCUT2D eigenvalue weighted by atomic mass is 9.85. The van der Waals surface area contributed by atoms with Crippen molar-refractivity contribution in [3.05, 3.63) is 93.7 Å². The maximum atomic E-state index is 13.5. The van der Waals surface area contributed by atoms with Gasteiger partial charge in [-0.3, -0.25) is 18.9 Å². The lowest BCUT2D eigenvalue weighted by molar-refractivity contribution is -0.137. The second-order valence-corrected chi connectivity index (χ2v) is 10.1. The van der Waals surface area contributed by atoms with Gasteiger partial charge in [0.25, 0.3) is 5.91 Å². The van der Waals surface area contributed by atoms with Gasteiger partial charge in [-0.25, -0.2) is 4.79 Å². The standard InChI is InChI=1S/C29H29F3N4O2/c1-18-7-14-24(29(30,31)32)23(15-18)27(37)34-21-11-9-20(10-12-21)17-35-25-5-3-4-6-26(25)36(28(35)38)22-13-8-19(2)33-16-22/h3-8,13-16,20-21H,9-12,17H2,1-2H3,(H,34,37)/t20-,21-. The molecule has 9 heteroatoms. The van der Waals surface area contributed by atoms with Crippen LogP contribution in [0.1, 0.15) is 52.9 Å². The highest BCUT2D eigenvalue weighted by molar-refractivity contribution is 5.96. The summed E-state index contributed by atoms with van der Waals surface area (Å²) in [5.74, 6) is -0.489. The van der Waals surface area contributed by atoms with Crippen molar-refractivity contribution in [2.24, 2.45) is 5.92 Å². The predicted molar refractivity (Wildman–Crippen MR) is 139 cm³/mol. The molecule has 1 saturated carbocycles. The van der Waals surface area contributed by atoms with Gasteiger partial charge in [-0.2, -0.15) is 13.2 Å². The first kappa shape index (κ1) is 25.8. The van der Waals surface area contributed by atoms with Crippen LogP contribution in [0, 0.1) is 19.8 Å². The van der Waals surface area contributed by atoms with E-state index in [1.807, 2.05) is 43.3 Å². The van der Waals surface area contributed by atoms with E-state index >= 15 is 0 Å². The predicted octanol–water partition coefficient (Wildman–Crippen LogP) is 5.81. The quantitative estimate of drug-likeness (QED) is 0.360. The third kappa shape index (κ3) is 5.10. The zero-order valence-corrected chi connectivity index (χ0v) is 21.3. The van der Waals surface area contributed by atoms with Crippen molar-refractivity contribution in [2.45, 2.75) is 58.3 Å². The number of hydrogen-bond donors (Lipinski definition) is 1. The minimum Gasteiger partial charge on any atom is -0.349 e. The van der Waals surface area contributed by atoms with Crippen LogP contribution < -0.4 is 11.0 Å².